The van der Waals surface area contributed by atoms with E-state index in [0.29, 0.717) is 30.2 Å². The summed E-state index contributed by atoms with van der Waals surface area (Å²) in [7, 11) is 0. The molecule has 128 valence electrons. The summed E-state index contributed by atoms with van der Waals surface area (Å²) >= 11 is 0. The zero-order valence-electron chi connectivity index (χ0n) is 13.5. The van der Waals surface area contributed by atoms with Gasteiger partial charge in [0.25, 0.3) is 5.91 Å². The van der Waals surface area contributed by atoms with Crippen molar-refractivity contribution in [2.75, 3.05) is 13.1 Å². The number of piperidine rings is 1. The fourth-order valence-electron chi connectivity index (χ4n) is 3.71. The predicted molar refractivity (Wildman–Crippen MR) is 89.4 cm³/mol. The van der Waals surface area contributed by atoms with Gasteiger partial charge in [0.05, 0.1) is 5.92 Å². The summed E-state index contributed by atoms with van der Waals surface area (Å²) in [5, 5.41) is 9.20. The summed E-state index contributed by atoms with van der Waals surface area (Å²) in [6.07, 6.45) is 3.83. The number of carboxylic acids is 1. The number of carbonyl (C=O) groups is 2. The van der Waals surface area contributed by atoms with Gasteiger partial charge in [0.1, 0.15) is 17.1 Å². The smallest absolute Gasteiger partial charge is 0.307 e. The molecule has 0 spiro atoms. The molecule has 6 heteroatoms. The topological polar surface area (TPSA) is 79.7 Å². The van der Waals surface area contributed by atoms with Crippen molar-refractivity contribution < 1.29 is 19.4 Å². The van der Waals surface area contributed by atoms with Gasteiger partial charge in [-0.3, -0.25) is 14.6 Å². The van der Waals surface area contributed by atoms with E-state index in [1.165, 1.54) is 6.20 Å². The van der Waals surface area contributed by atoms with Gasteiger partial charge < -0.3 is 14.7 Å². The van der Waals surface area contributed by atoms with Crippen LogP contribution in [0.2, 0.25) is 0 Å². The first kappa shape index (κ1) is 15.6. The molecule has 1 aliphatic carbocycles. The zero-order chi connectivity index (χ0) is 17.4. The Morgan fingerprint density at radius 3 is 2.72 bits per heavy atom. The third kappa shape index (κ3) is 2.95. The van der Waals surface area contributed by atoms with Crippen molar-refractivity contribution in [1.82, 2.24) is 9.88 Å². The molecule has 1 aromatic heterocycles. The number of aliphatic carboxylic acids is 1. The highest BCUT2D eigenvalue weighted by Crippen LogP contribution is 2.51. The Hall–Kier alpha value is -2.89. The molecule has 2 fully saturated rings. The van der Waals surface area contributed by atoms with Crippen LogP contribution < -0.4 is 4.74 Å². The molecule has 1 saturated heterocycles. The van der Waals surface area contributed by atoms with Crippen LogP contribution in [0.4, 0.5) is 0 Å². The lowest BCUT2D eigenvalue weighted by Crippen LogP contribution is -2.37. The highest BCUT2D eigenvalue weighted by atomic mass is 16.5. The first-order valence-electron chi connectivity index (χ1n) is 8.34. The van der Waals surface area contributed by atoms with Crippen LogP contribution in [0.5, 0.6) is 11.5 Å². The molecular formula is C19H18N2O4. The maximum Gasteiger partial charge on any atom is 0.307 e. The van der Waals surface area contributed by atoms with Gasteiger partial charge in [0.2, 0.25) is 0 Å². The number of pyridine rings is 1. The van der Waals surface area contributed by atoms with Crippen molar-refractivity contribution in [1.29, 1.82) is 0 Å². The van der Waals surface area contributed by atoms with Gasteiger partial charge in [-0.2, -0.15) is 0 Å². The van der Waals surface area contributed by atoms with E-state index in [1.807, 2.05) is 30.3 Å². The molecule has 1 N–H and O–H groups in total. The van der Waals surface area contributed by atoms with Crippen molar-refractivity contribution in [2.45, 2.75) is 6.42 Å². The number of rotatable bonds is 4. The maximum atomic E-state index is 12.9. The molecule has 0 bridgehead atoms. The number of fused-ring (bicyclic) bond motifs is 1. The summed E-state index contributed by atoms with van der Waals surface area (Å²) < 4.78 is 5.84. The monoisotopic (exact) mass is 338 g/mol. The molecule has 4 rings (SSSR count). The van der Waals surface area contributed by atoms with Crippen molar-refractivity contribution >= 4 is 11.9 Å². The summed E-state index contributed by atoms with van der Waals surface area (Å²) in [6, 6.07) is 10.9. The number of carboxylic acid groups (broad SMARTS) is 1. The Morgan fingerprint density at radius 1 is 1.16 bits per heavy atom. The first-order chi connectivity index (χ1) is 12.1. The van der Waals surface area contributed by atoms with Crippen molar-refractivity contribution in [3.63, 3.8) is 0 Å². The van der Waals surface area contributed by atoms with Gasteiger partial charge in [0.15, 0.2) is 0 Å². The van der Waals surface area contributed by atoms with E-state index in [9.17, 15) is 14.7 Å². The van der Waals surface area contributed by atoms with Crippen LogP contribution >= 0.6 is 0 Å². The quantitative estimate of drug-likeness (QED) is 0.927. The summed E-state index contributed by atoms with van der Waals surface area (Å²) in [6.45, 7) is 1.06. The number of amides is 1. The molecule has 3 atom stereocenters. The first-order valence-corrected chi connectivity index (χ1v) is 8.34. The number of carbonyl (C=O) groups excluding carboxylic acids is 1. The Kier molecular flexibility index (Phi) is 3.87. The number of benzene rings is 1. The molecule has 25 heavy (non-hydrogen) atoms. The third-order valence-corrected chi connectivity index (χ3v) is 5.05. The minimum absolute atomic E-state index is 0.0744. The average molecular weight is 338 g/mol. The molecule has 2 aromatic rings. The highest BCUT2D eigenvalue weighted by Gasteiger charge is 2.57. The van der Waals surface area contributed by atoms with Gasteiger partial charge in [0, 0.05) is 25.5 Å². The van der Waals surface area contributed by atoms with Crippen molar-refractivity contribution in [3.8, 4) is 11.5 Å². The predicted octanol–water partition coefficient (Wildman–Crippen LogP) is 2.67. The van der Waals surface area contributed by atoms with Crippen molar-refractivity contribution in [2.24, 2.45) is 17.8 Å². The van der Waals surface area contributed by atoms with Crippen LogP contribution in [0.3, 0.4) is 0 Å². The summed E-state index contributed by atoms with van der Waals surface area (Å²) in [4.78, 5) is 29.9. The third-order valence-electron chi connectivity index (χ3n) is 5.05. The molecule has 0 unspecified atom stereocenters. The van der Waals surface area contributed by atoms with Gasteiger partial charge >= 0.3 is 5.97 Å². The van der Waals surface area contributed by atoms with Crippen molar-refractivity contribution in [3.05, 3.63) is 54.4 Å². The Bertz CT molecular complexity index is 808. The lowest BCUT2D eigenvalue weighted by atomic mass is 10.1. The molecule has 1 aliphatic heterocycles. The minimum atomic E-state index is -0.751. The van der Waals surface area contributed by atoms with E-state index in [1.54, 1.807) is 17.2 Å². The van der Waals surface area contributed by atoms with Gasteiger partial charge in [-0.25, -0.2) is 0 Å². The molecule has 1 aromatic carbocycles. The molecule has 2 heterocycles. The van der Waals surface area contributed by atoms with E-state index in [0.717, 1.165) is 6.42 Å². The Morgan fingerprint density at radius 2 is 1.96 bits per heavy atom. The lowest BCUT2D eigenvalue weighted by molar-refractivity contribution is -0.139. The minimum Gasteiger partial charge on any atom is -0.481 e. The number of aromatic nitrogens is 1. The highest BCUT2D eigenvalue weighted by molar-refractivity contribution is 5.97. The van der Waals surface area contributed by atoms with E-state index >= 15 is 0 Å². The lowest BCUT2D eigenvalue weighted by Gasteiger charge is -2.26. The number of para-hydroxylation sites is 1. The number of likely N-dealkylation sites (tertiary alicyclic amines) is 1. The number of hydrogen-bond acceptors (Lipinski definition) is 4. The number of ether oxygens (including phenoxy) is 1. The average Bonchev–Trinajstić information content (AvgIpc) is 3.36. The second kappa shape index (κ2) is 6.20. The molecule has 1 amide bonds. The fraction of sp³-hybridized carbons (Fsp3) is 0.316. The van der Waals surface area contributed by atoms with Crippen LogP contribution in [-0.4, -0.2) is 40.0 Å². The second-order valence-corrected chi connectivity index (χ2v) is 6.52. The standard InChI is InChI=1S/C19H18N2O4/c22-18(21-9-7-13-15(11-21)17(13)19(23)24)14-10-20-8-6-16(14)25-12-4-2-1-3-5-12/h1-6,8,10,13,15,17H,7,9,11H2,(H,23,24)/t13-,15+,17-/m1/s1. The fourth-order valence-corrected chi connectivity index (χ4v) is 3.71. The molecule has 2 aliphatic rings. The van der Waals surface area contributed by atoms with E-state index in [4.69, 9.17) is 4.74 Å². The largest absolute Gasteiger partial charge is 0.481 e. The van der Waals surface area contributed by atoms with Gasteiger partial charge in [-0.15, -0.1) is 0 Å². The van der Waals surface area contributed by atoms with Gasteiger partial charge in [-0.05, 0) is 36.5 Å². The Labute approximate surface area is 145 Å². The van der Waals surface area contributed by atoms with Crippen LogP contribution in [0.15, 0.2) is 48.8 Å². The van der Waals surface area contributed by atoms with E-state index in [2.05, 4.69) is 4.98 Å². The second-order valence-electron chi connectivity index (χ2n) is 6.52. The van der Waals surface area contributed by atoms with Crippen LogP contribution in [0.25, 0.3) is 0 Å². The van der Waals surface area contributed by atoms with E-state index in [-0.39, 0.29) is 23.7 Å². The summed E-state index contributed by atoms with van der Waals surface area (Å²) in [5.41, 5.74) is 0.400. The number of hydrogen-bond donors (Lipinski definition) is 1. The maximum absolute atomic E-state index is 12.9. The van der Waals surface area contributed by atoms with Crippen LogP contribution in [0.1, 0.15) is 16.8 Å². The normalized spacial score (nSPS) is 24.3. The van der Waals surface area contributed by atoms with Crippen LogP contribution in [0, 0.1) is 17.8 Å². The molecule has 6 nitrogen and oxygen atoms in total. The van der Waals surface area contributed by atoms with E-state index < -0.39 is 5.97 Å². The SMILES string of the molecule is O=C(O)[C@@H]1[C@@H]2CCN(C(=O)c3cnccc3Oc3ccccc3)C[C@@H]21. The molecular weight excluding hydrogens is 320 g/mol. The van der Waals surface area contributed by atoms with Crippen LogP contribution in [-0.2, 0) is 4.79 Å². The Balaban J connectivity index is 1.52. The zero-order valence-corrected chi connectivity index (χ0v) is 13.5. The molecule has 1 saturated carbocycles. The number of nitrogens with zero attached hydrogens (tertiary/aromatic N) is 2. The van der Waals surface area contributed by atoms with Gasteiger partial charge in [-0.1, -0.05) is 18.2 Å². The summed E-state index contributed by atoms with van der Waals surface area (Å²) in [5.74, 6) is 0.188. The molecule has 0 radical (unpaired) electrons.